The van der Waals surface area contributed by atoms with Crippen molar-refractivity contribution in [1.82, 2.24) is 19.2 Å². The van der Waals surface area contributed by atoms with Crippen LogP contribution in [0.25, 0.3) is 11.0 Å². The molecule has 1 atom stereocenters. The van der Waals surface area contributed by atoms with E-state index in [0.717, 1.165) is 9.82 Å². The molecule has 1 N–H and O–H groups in total. The van der Waals surface area contributed by atoms with Crippen molar-refractivity contribution in [2.24, 2.45) is 7.05 Å². The van der Waals surface area contributed by atoms with E-state index in [9.17, 15) is 21.6 Å². The number of aromatic nitrogens is 2. The van der Waals surface area contributed by atoms with Gasteiger partial charge in [0.1, 0.15) is 5.82 Å². The van der Waals surface area contributed by atoms with Crippen LogP contribution >= 0.6 is 0 Å². The van der Waals surface area contributed by atoms with Gasteiger partial charge in [-0.3, -0.25) is 4.79 Å². The Morgan fingerprint density at radius 1 is 1.21 bits per heavy atom. The summed E-state index contributed by atoms with van der Waals surface area (Å²) in [6.07, 6.45) is 0.866. The molecule has 1 amide bonds. The lowest BCUT2D eigenvalue weighted by Gasteiger charge is -2.26. The third-order valence-corrected chi connectivity index (χ3v) is 9.57. The maximum absolute atomic E-state index is 12.7. The Balaban J connectivity index is 1.49. The highest BCUT2D eigenvalue weighted by Gasteiger charge is 2.30. The molecule has 0 bridgehead atoms. The van der Waals surface area contributed by atoms with Crippen LogP contribution in [0.15, 0.2) is 52.3 Å². The summed E-state index contributed by atoms with van der Waals surface area (Å²) >= 11 is 0. The van der Waals surface area contributed by atoms with Gasteiger partial charge in [-0.1, -0.05) is 18.2 Å². The number of hydrogen-bond acceptors (Lipinski definition) is 6. The number of hydrogen-bond donors (Lipinski definition) is 1. The number of carbonyl (C=O) groups is 1. The topological polar surface area (TPSA) is 118 Å². The summed E-state index contributed by atoms with van der Waals surface area (Å²) in [5, 5.41) is 2.95. The van der Waals surface area contributed by atoms with Gasteiger partial charge in [-0.2, -0.15) is 0 Å². The predicted molar refractivity (Wildman–Crippen MR) is 124 cm³/mol. The first-order chi connectivity index (χ1) is 15.5. The summed E-state index contributed by atoms with van der Waals surface area (Å²) in [6.45, 7) is 0. The number of sulfone groups is 1. The van der Waals surface area contributed by atoms with Gasteiger partial charge >= 0.3 is 0 Å². The standard InChI is InChI=1S/C22H26N4O5S2/c1-25(2)33(30,31)15-8-9-19-18(14-15)23-21(26(19)3)10-11-22(27)24-17-12-13-32(28,29)20-7-5-4-6-16(17)20/h4-9,14,17H,10-13H2,1-3H3,(H,24,27)/t17-/m1/s1. The number of amides is 1. The van der Waals surface area contributed by atoms with E-state index >= 15 is 0 Å². The van der Waals surface area contributed by atoms with Crippen molar-refractivity contribution in [3.05, 3.63) is 53.9 Å². The molecule has 11 heteroatoms. The molecule has 0 aliphatic carbocycles. The minimum Gasteiger partial charge on any atom is -0.349 e. The molecular weight excluding hydrogens is 464 g/mol. The van der Waals surface area contributed by atoms with Crippen LogP contribution in [0.2, 0.25) is 0 Å². The molecule has 0 saturated carbocycles. The van der Waals surface area contributed by atoms with Crippen LogP contribution < -0.4 is 5.32 Å². The Morgan fingerprint density at radius 3 is 2.67 bits per heavy atom. The van der Waals surface area contributed by atoms with Crippen molar-refractivity contribution < 1.29 is 21.6 Å². The van der Waals surface area contributed by atoms with Crippen molar-refractivity contribution in [1.29, 1.82) is 0 Å². The molecule has 1 aromatic heterocycles. The highest BCUT2D eigenvalue weighted by molar-refractivity contribution is 7.91. The normalized spacial score (nSPS) is 17.8. The zero-order valence-electron chi connectivity index (χ0n) is 18.6. The predicted octanol–water partition coefficient (Wildman–Crippen LogP) is 1.79. The molecule has 176 valence electrons. The van der Waals surface area contributed by atoms with Gasteiger partial charge in [-0.25, -0.2) is 26.1 Å². The molecular formula is C22H26N4O5S2. The number of fused-ring (bicyclic) bond motifs is 2. The lowest BCUT2D eigenvalue weighted by molar-refractivity contribution is -0.121. The highest BCUT2D eigenvalue weighted by atomic mass is 32.2. The summed E-state index contributed by atoms with van der Waals surface area (Å²) in [5.74, 6) is 0.459. The minimum absolute atomic E-state index is 0.00208. The quantitative estimate of drug-likeness (QED) is 0.563. The SMILES string of the molecule is CN(C)S(=O)(=O)c1ccc2c(c1)nc(CCC(=O)N[C@@H]1CCS(=O)(=O)c3ccccc31)n2C. The fourth-order valence-electron chi connectivity index (χ4n) is 4.06. The van der Waals surface area contributed by atoms with Gasteiger partial charge in [0.15, 0.2) is 9.84 Å². The zero-order valence-corrected chi connectivity index (χ0v) is 20.3. The van der Waals surface area contributed by atoms with Crippen molar-refractivity contribution in [2.75, 3.05) is 19.8 Å². The third kappa shape index (κ3) is 4.40. The van der Waals surface area contributed by atoms with Gasteiger partial charge in [0.2, 0.25) is 15.9 Å². The zero-order chi connectivity index (χ0) is 24.0. The van der Waals surface area contributed by atoms with Crippen LogP contribution in [0, 0.1) is 0 Å². The van der Waals surface area contributed by atoms with Gasteiger partial charge in [0.05, 0.1) is 32.6 Å². The number of carbonyl (C=O) groups excluding carboxylic acids is 1. The summed E-state index contributed by atoms with van der Waals surface area (Å²) in [7, 11) is -2.11. The summed E-state index contributed by atoms with van der Waals surface area (Å²) in [4.78, 5) is 17.6. The van der Waals surface area contributed by atoms with E-state index in [2.05, 4.69) is 10.3 Å². The second-order valence-electron chi connectivity index (χ2n) is 8.29. The Hall–Kier alpha value is -2.76. The van der Waals surface area contributed by atoms with E-state index in [4.69, 9.17) is 0 Å². The molecule has 33 heavy (non-hydrogen) atoms. The molecule has 9 nitrogen and oxygen atoms in total. The van der Waals surface area contributed by atoms with Crippen LogP contribution in [-0.2, 0) is 38.1 Å². The first-order valence-corrected chi connectivity index (χ1v) is 13.6. The van der Waals surface area contributed by atoms with Crippen molar-refractivity contribution >= 4 is 36.8 Å². The Labute approximate surface area is 193 Å². The maximum atomic E-state index is 12.7. The van der Waals surface area contributed by atoms with Gasteiger partial charge in [0.25, 0.3) is 0 Å². The maximum Gasteiger partial charge on any atom is 0.242 e. The summed E-state index contributed by atoms with van der Waals surface area (Å²) in [6, 6.07) is 11.2. The Bertz CT molecular complexity index is 1440. The van der Waals surface area contributed by atoms with Crippen LogP contribution in [0.4, 0.5) is 0 Å². The smallest absolute Gasteiger partial charge is 0.242 e. The summed E-state index contributed by atoms with van der Waals surface area (Å²) < 4.78 is 52.4. The van der Waals surface area contributed by atoms with Gasteiger partial charge in [0, 0.05) is 34.0 Å². The number of sulfonamides is 1. The number of aryl methyl sites for hydroxylation is 2. The van der Waals surface area contributed by atoms with E-state index in [1.165, 1.54) is 20.2 Å². The molecule has 0 saturated heterocycles. The average molecular weight is 491 g/mol. The van der Waals surface area contributed by atoms with E-state index in [-0.39, 0.29) is 33.9 Å². The lowest BCUT2D eigenvalue weighted by Crippen LogP contribution is -2.34. The monoisotopic (exact) mass is 490 g/mol. The first-order valence-electron chi connectivity index (χ1n) is 10.5. The van der Waals surface area contributed by atoms with Crippen molar-refractivity contribution in [3.63, 3.8) is 0 Å². The van der Waals surface area contributed by atoms with Crippen LogP contribution in [0.5, 0.6) is 0 Å². The van der Waals surface area contributed by atoms with E-state index in [0.29, 0.717) is 29.7 Å². The number of nitrogens with one attached hydrogen (secondary N) is 1. The molecule has 0 unspecified atom stereocenters. The second kappa shape index (κ2) is 8.54. The highest BCUT2D eigenvalue weighted by Crippen LogP contribution is 2.32. The van der Waals surface area contributed by atoms with E-state index < -0.39 is 19.9 Å². The largest absolute Gasteiger partial charge is 0.349 e. The fourth-order valence-corrected chi connectivity index (χ4v) is 6.60. The molecule has 0 spiro atoms. The second-order valence-corrected chi connectivity index (χ2v) is 12.5. The number of imidazole rings is 1. The Morgan fingerprint density at radius 2 is 1.94 bits per heavy atom. The molecule has 3 aromatic rings. The van der Waals surface area contributed by atoms with Gasteiger partial charge in [-0.15, -0.1) is 0 Å². The van der Waals surface area contributed by atoms with Gasteiger partial charge < -0.3 is 9.88 Å². The van der Waals surface area contributed by atoms with Crippen LogP contribution in [-0.4, -0.2) is 56.4 Å². The molecule has 1 aliphatic heterocycles. The Kier molecular flexibility index (Phi) is 6.06. The molecule has 1 aliphatic rings. The summed E-state index contributed by atoms with van der Waals surface area (Å²) in [5.41, 5.74) is 1.94. The fraction of sp³-hybridized carbons (Fsp3) is 0.364. The molecule has 4 rings (SSSR count). The van der Waals surface area contributed by atoms with Crippen molar-refractivity contribution in [2.45, 2.75) is 35.1 Å². The van der Waals surface area contributed by atoms with Crippen molar-refractivity contribution in [3.8, 4) is 0 Å². The van der Waals surface area contributed by atoms with Crippen LogP contribution in [0.1, 0.15) is 30.3 Å². The van der Waals surface area contributed by atoms with E-state index in [1.54, 1.807) is 36.4 Å². The number of rotatable bonds is 6. The van der Waals surface area contributed by atoms with Gasteiger partial charge in [-0.05, 0) is 36.2 Å². The minimum atomic E-state index is -3.57. The first kappa shape index (κ1) is 23.4. The average Bonchev–Trinajstić information content (AvgIpc) is 3.09. The van der Waals surface area contributed by atoms with Crippen LogP contribution in [0.3, 0.4) is 0 Å². The lowest BCUT2D eigenvalue weighted by atomic mass is 10.0. The third-order valence-electron chi connectivity index (χ3n) is 5.94. The molecule has 2 heterocycles. The van der Waals surface area contributed by atoms with E-state index in [1.807, 2.05) is 11.6 Å². The molecule has 0 fully saturated rings. The molecule has 2 aromatic carbocycles. The number of benzene rings is 2. The number of nitrogens with zero attached hydrogens (tertiary/aromatic N) is 3. The molecule has 0 radical (unpaired) electrons.